The first-order valence-electron chi connectivity index (χ1n) is 4.02. The van der Waals surface area contributed by atoms with Gasteiger partial charge in [-0.2, -0.15) is 0 Å². The molecule has 2 nitrogen and oxygen atoms in total. The monoisotopic (exact) mass is 241 g/mol. The van der Waals surface area contributed by atoms with Crippen LogP contribution in [0, 0.1) is 0 Å². The third-order valence-corrected chi connectivity index (χ3v) is 3.00. The second kappa shape index (κ2) is 4.03. The first kappa shape index (κ1) is 10.4. The normalized spacial score (nSPS) is 15.0. The summed E-state index contributed by atoms with van der Waals surface area (Å²) in [6, 6.07) is 9.08. The fourth-order valence-electron chi connectivity index (χ4n) is 0.980. The molecule has 0 spiro atoms. The van der Waals surface area contributed by atoms with Gasteiger partial charge in [0.2, 0.25) is 0 Å². The molecule has 0 amide bonds. The predicted molar refractivity (Wildman–Crippen MR) is 57.2 cm³/mol. The molecule has 2 N–H and O–H groups in total. The van der Waals surface area contributed by atoms with Crippen molar-refractivity contribution in [1.29, 1.82) is 0 Å². The van der Waals surface area contributed by atoms with Crippen LogP contribution in [-0.2, 0) is 0 Å². The molecule has 0 aromatic heterocycles. The Morgan fingerprint density at radius 3 is 2.46 bits per heavy atom. The van der Waals surface area contributed by atoms with E-state index in [0.29, 0.717) is 10.9 Å². The van der Waals surface area contributed by atoms with E-state index in [2.05, 4.69) is 15.9 Å². The van der Waals surface area contributed by atoms with Crippen molar-refractivity contribution in [1.82, 2.24) is 0 Å². The minimum Gasteiger partial charge on any atom is -0.318 e. The summed E-state index contributed by atoms with van der Waals surface area (Å²) in [4.78, 5) is 11.7. The minimum absolute atomic E-state index is 0.0371. The van der Waals surface area contributed by atoms with Gasteiger partial charge in [0.05, 0.1) is 5.54 Å². The van der Waals surface area contributed by atoms with Gasteiger partial charge in [0, 0.05) is 10.9 Å². The van der Waals surface area contributed by atoms with Crippen molar-refractivity contribution in [3.63, 3.8) is 0 Å². The molecule has 1 atom stereocenters. The summed E-state index contributed by atoms with van der Waals surface area (Å²) in [6.45, 7) is 1.72. The summed E-state index contributed by atoms with van der Waals surface area (Å²) in [6.07, 6.45) is 0. The third-order valence-electron chi connectivity index (χ3n) is 1.83. The number of carbonyl (C=O) groups excluding carboxylic acids is 1. The molecule has 1 unspecified atom stereocenters. The smallest absolute Gasteiger partial charge is 0.183 e. The number of carbonyl (C=O) groups is 1. The average Bonchev–Trinajstić information content (AvgIpc) is 2.18. The predicted octanol–water partition coefficient (Wildman–Crippen LogP) is 1.98. The number of Topliss-reactive ketones (excluding diaryl/α,β-unsaturated/α-hetero) is 1. The van der Waals surface area contributed by atoms with Gasteiger partial charge in [-0.1, -0.05) is 46.3 Å². The first-order chi connectivity index (χ1) is 6.08. The van der Waals surface area contributed by atoms with Gasteiger partial charge in [-0.3, -0.25) is 4.79 Å². The van der Waals surface area contributed by atoms with Crippen LogP contribution in [0.15, 0.2) is 30.3 Å². The van der Waals surface area contributed by atoms with Crippen LogP contribution in [0.1, 0.15) is 17.3 Å². The molecule has 13 heavy (non-hydrogen) atoms. The Bertz CT molecular complexity index is 295. The van der Waals surface area contributed by atoms with Crippen molar-refractivity contribution < 1.29 is 4.79 Å². The summed E-state index contributed by atoms with van der Waals surface area (Å²) in [5.41, 5.74) is 5.64. The number of ketones is 1. The Hall–Kier alpha value is -0.670. The van der Waals surface area contributed by atoms with E-state index in [0.717, 1.165) is 0 Å². The molecular formula is C10H12BrNO. The highest BCUT2D eigenvalue weighted by Gasteiger charge is 2.27. The van der Waals surface area contributed by atoms with E-state index in [-0.39, 0.29) is 5.78 Å². The second-order valence-electron chi connectivity index (χ2n) is 3.25. The van der Waals surface area contributed by atoms with Gasteiger partial charge in [-0.25, -0.2) is 0 Å². The lowest BCUT2D eigenvalue weighted by atomic mass is 9.94. The topological polar surface area (TPSA) is 43.1 Å². The Balaban J connectivity index is 2.93. The maximum Gasteiger partial charge on any atom is 0.183 e. The van der Waals surface area contributed by atoms with Crippen LogP contribution in [0.25, 0.3) is 0 Å². The van der Waals surface area contributed by atoms with E-state index in [1.54, 1.807) is 19.1 Å². The van der Waals surface area contributed by atoms with Crippen LogP contribution < -0.4 is 5.73 Å². The molecule has 0 saturated carbocycles. The van der Waals surface area contributed by atoms with Gasteiger partial charge in [-0.05, 0) is 6.92 Å². The lowest BCUT2D eigenvalue weighted by Crippen LogP contribution is -2.46. The molecule has 0 fully saturated rings. The molecule has 0 aliphatic carbocycles. The van der Waals surface area contributed by atoms with Gasteiger partial charge in [0.15, 0.2) is 5.78 Å². The second-order valence-corrected chi connectivity index (χ2v) is 3.81. The van der Waals surface area contributed by atoms with E-state index in [9.17, 15) is 4.79 Å². The van der Waals surface area contributed by atoms with Gasteiger partial charge >= 0.3 is 0 Å². The van der Waals surface area contributed by atoms with Gasteiger partial charge in [0.25, 0.3) is 0 Å². The average molecular weight is 242 g/mol. The molecular weight excluding hydrogens is 230 g/mol. The number of nitrogens with two attached hydrogens (primary N) is 1. The lowest BCUT2D eigenvalue weighted by Gasteiger charge is -2.19. The molecule has 0 aliphatic rings. The molecule has 70 valence electrons. The fraction of sp³-hybridized carbons (Fsp3) is 0.300. The zero-order valence-electron chi connectivity index (χ0n) is 7.46. The number of halogens is 1. The Morgan fingerprint density at radius 1 is 1.46 bits per heavy atom. The number of alkyl halides is 1. The van der Waals surface area contributed by atoms with Crippen LogP contribution in [-0.4, -0.2) is 16.7 Å². The van der Waals surface area contributed by atoms with E-state index in [4.69, 9.17) is 5.73 Å². The standard InChI is InChI=1S/C10H12BrNO/c1-10(12,7-11)9(13)8-5-3-2-4-6-8/h2-6H,7,12H2,1H3. The summed E-state index contributed by atoms with van der Waals surface area (Å²) >= 11 is 3.22. The van der Waals surface area contributed by atoms with E-state index < -0.39 is 5.54 Å². The van der Waals surface area contributed by atoms with Crippen LogP contribution in [0.2, 0.25) is 0 Å². The number of rotatable bonds is 3. The number of hydrogen-bond acceptors (Lipinski definition) is 2. The maximum absolute atomic E-state index is 11.7. The molecule has 0 radical (unpaired) electrons. The zero-order chi connectivity index (χ0) is 9.90. The largest absolute Gasteiger partial charge is 0.318 e. The summed E-state index contributed by atoms with van der Waals surface area (Å²) < 4.78 is 0. The Kier molecular flexibility index (Phi) is 3.22. The van der Waals surface area contributed by atoms with Crippen molar-refractivity contribution in [2.75, 3.05) is 5.33 Å². The highest BCUT2D eigenvalue weighted by molar-refractivity contribution is 9.09. The van der Waals surface area contributed by atoms with E-state index in [1.165, 1.54) is 0 Å². The van der Waals surface area contributed by atoms with Crippen LogP contribution >= 0.6 is 15.9 Å². The SMILES string of the molecule is CC(N)(CBr)C(=O)c1ccccc1. The van der Waals surface area contributed by atoms with Gasteiger partial charge in [-0.15, -0.1) is 0 Å². The molecule has 1 aromatic carbocycles. The molecule has 0 aliphatic heterocycles. The highest BCUT2D eigenvalue weighted by atomic mass is 79.9. The van der Waals surface area contributed by atoms with Crippen molar-refractivity contribution in [2.24, 2.45) is 5.73 Å². The lowest BCUT2D eigenvalue weighted by molar-refractivity contribution is 0.0917. The molecule has 3 heteroatoms. The van der Waals surface area contributed by atoms with Crippen molar-refractivity contribution in [3.05, 3.63) is 35.9 Å². The summed E-state index contributed by atoms with van der Waals surface area (Å²) in [5, 5.41) is 0.466. The van der Waals surface area contributed by atoms with E-state index in [1.807, 2.05) is 18.2 Å². The molecule has 1 aromatic rings. The van der Waals surface area contributed by atoms with Crippen molar-refractivity contribution in [2.45, 2.75) is 12.5 Å². The number of benzene rings is 1. The molecule has 1 rings (SSSR count). The molecule has 0 saturated heterocycles. The number of hydrogen-bond donors (Lipinski definition) is 1. The maximum atomic E-state index is 11.7. The van der Waals surface area contributed by atoms with Crippen LogP contribution in [0.5, 0.6) is 0 Å². The van der Waals surface area contributed by atoms with Gasteiger partial charge in [0.1, 0.15) is 0 Å². The fourth-order valence-corrected chi connectivity index (χ4v) is 1.23. The van der Waals surface area contributed by atoms with E-state index >= 15 is 0 Å². The summed E-state index contributed by atoms with van der Waals surface area (Å²) in [7, 11) is 0. The van der Waals surface area contributed by atoms with Gasteiger partial charge < -0.3 is 5.73 Å². The van der Waals surface area contributed by atoms with Crippen molar-refractivity contribution >= 4 is 21.7 Å². The quantitative estimate of drug-likeness (QED) is 0.650. The first-order valence-corrected chi connectivity index (χ1v) is 5.15. The van der Waals surface area contributed by atoms with Crippen LogP contribution in [0.4, 0.5) is 0 Å². The Morgan fingerprint density at radius 2 is 2.00 bits per heavy atom. The minimum atomic E-state index is -0.818. The van der Waals surface area contributed by atoms with Crippen molar-refractivity contribution in [3.8, 4) is 0 Å². The highest BCUT2D eigenvalue weighted by Crippen LogP contribution is 2.12. The zero-order valence-corrected chi connectivity index (χ0v) is 9.04. The third kappa shape index (κ3) is 2.39. The molecule has 0 bridgehead atoms. The van der Waals surface area contributed by atoms with Crippen LogP contribution in [0.3, 0.4) is 0 Å². The molecule has 0 heterocycles. The summed E-state index contributed by atoms with van der Waals surface area (Å²) in [5.74, 6) is -0.0371. The Labute approximate surface area is 86.3 Å².